The topological polar surface area (TPSA) is 63.3 Å². The SMILES string of the molecule is Oc1ccc(Cc2nnc3n2N=C(c2ccccc2)CS3)cc1. The Balaban J connectivity index is 1.67. The summed E-state index contributed by atoms with van der Waals surface area (Å²) in [6, 6.07) is 17.3. The number of phenols is 1. The van der Waals surface area contributed by atoms with Crippen molar-refractivity contribution in [1.82, 2.24) is 14.9 Å². The van der Waals surface area contributed by atoms with E-state index >= 15 is 0 Å². The maximum Gasteiger partial charge on any atom is 0.212 e. The van der Waals surface area contributed by atoms with Gasteiger partial charge in [-0.3, -0.25) is 0 Å². The van der Waals surface area contributed by atoms with Crippen molar-refractivity contribution >= 4 is 17.5 Å². The molecule has 114 valence electrons. The molecular weight excluding hydrogens is 308 g/mol. The molecule has 6 heteroatoms. The van der Waals surface area contributed by atoms with E-state index in [1.165, 1.54) is 0 Å². The van der Waals surface area contributed by atoms with Gasteiger partial charge in [0.25, 0.3) is 0 Å². The fourth-order valence-corrected chi connectivity index (χ4v) is 3.30. The van der Waals surface area contributed by atoms with Gasteiger partial charge in [-0.2, -0.15) is 9.78 Å². The molecule has 2 aromatic carbocycles. The Morgan fingerprint density at radius 2 is 1.78 bits per heavy atom. The predicted octanol–water partition coefficient (Wildman–Crippen LogP) is 2.93. The first kappa shape index (κ1) is 14.0. The zero-order valence-corrected chi connectivity index (χ0v) is 13.1. The Labute approximate surface area is 137 Å². The van der Waals surface area contributed by atoms with Crippen LogP contribution in [0.1, 0.15) is 17.0 Å². The van der Waals surface area contributed by atoms with E-state index in [0.717, 1.165) is 33.6 Å². The highest BCUT2D eigenvalue weighted by molar-refractivity contribution is 7.99. The Hall–Kier alpha value is -2.60. The number of thioether (sulfide) groups is 1. The molecule has 1 N–H and O–H groups in total. The fraction of sp³-hybridized carbons (Fsp3) is 0.118. The van der Waals surface area contributed by atoms with Gasteiger partial charge < -0.3 is 5.11 Å². The zero-order valence-electron chi connectivity index (χ0n) is 12.3. The number of fused-ring (bicyclic) bond motifs is 1. The van der Waals surface area contributed by atoms with Gasteiger partial charge in [-0.1, -0.05) is 54.2 Å². The van der Waals surface area contributed by atoms with Crippen LogP contribution in [0.2, 0.25) is 0 Å². The average molecular weight is 322 g/mol. The predicted molar refractivity (Wildman–Crippen MR) is 90.0 cm³/mol. The van der Waals surface area contributed by atoms with Crippen molar-refractivity contribution in [1.29, 1.82) is 0 Å². The number of hydrogen-bond donors (Lipinski definition) is 1. The van der Waals surface area contributed by atoms with Crippen LogP contribution >= 0.6 is 11.8 Å². The molecule has 0 aliphatic carbocycles. The molecule has 4 rings (SSSR count). The van der Waals surface area contributed by atoms with Gasteiger partial charge in [0.2, 0.25) is 5.16 Å². The second-order valence-electron chi connectivity index (χ2n) is 5.26. The van der Waals surface area contributed by atoms with E-state index in [9.17, 15) is 5.11 Å². The molecule has 3 aromatic rings. The minimum atomic E-state index is 0.261. The van der Waals surface area contributed by atoms with Crippen LogP contribution in [-0.2, 0) is 6.42 Å². The summed E-state index contributed by atoms with van der Waals surface area (Å²) in [5.41, 5.74) is 3.20. The van der Waals surface area contributed by atoms with E-state index in [1.807, 2.05) is 35.0 Å². The molecule has 23 heavy (non-hydrogen) atoms. The number of hydrogen-bond acceptors (Lipinski definition) is 5. The molecule has 0 saturated heterocycles. The molecule has 0 unspecified atom stereocenters. The molecule has 1 aliphatic rings. The number of aromatic hydroxyl groups is 1. The number of aromatic nitrogens is 3. The largest absolute Gasteiger partial charge is 0.508 e. The number of nitrogens with zero attached hydrogens (tertiary/aromatic N) is 4. The van der Waals surface area contributed by atoms with Crippen LogP contribution in [0, 0.1) is 0 Å². The van der Waals surface area contributed by atoms with Crippen molar-refractivity contribution in [2.75, 3.05) is 5.75 Å². The summed E-state index contributed by atoms with van der Waals surface area (Å²) in [6.45, 7) is 0. The lowest BCUT2D eigenvalue weighted by Crippen LogP contribution is -2.14. The molecule has 5 nitrogen and oxygen atoms in total. The minimum absolute atomic E-state index is 0.261. The zero-order chi connectivity index (χ0) is 15.6. The summed E-state index contributed by atoms with van der Waals surface area (Å²) in [7, 11) is 0. The molecular formula is C17H14N4OS. The van der Waals surface area contributed by atoms with Gasteiger partial charge in [0.05, 0.1) is 5.71 Å². The first-order chi connectivity index (χ1) is 11.3. The lowest BCUT2D eigenvalue weighted by atomic mass is 10.1. The number of phenolic OH excluding ortho intramolecular Hbond substituents is 1. The van der Waals surface area contributed by atoms with E-state index in [0.29, 0.717) is 6.42 Å². The van der Waals surface area contributed by atoms with Crippen LogP contribution in [-0.4, -0.2) is 31.4 Å². The van der Waals surface area contributed by atoms with Gasteiger partial charge in [0.1, 0.15) is 5.75 Å². The van der Waals surface area contributed by atoms with Crippen molar-refractivity contribution in [2.24, 2.45) is 5.10 Å². The Morgan fingerprint density at radius 3 is 2.57 bits per heavy atom. The maximum atomic E-state index is 9.38. The van der Waals surface area contributed by atoms with E-state index in [-0.39, 0.29) is 5.75 Å². The highest BCUT2D eigenvalue weighted by atomic mass is 32.2. The first-order valence-electron chi connectivity index (χ1n) is 7.28. The summed E-state index contributed by atoms with van der Waals surface area (Å²) in [6.07, 6.45) is 0.624. The Kier molecular flexibility index (Phi) is 3.59. The third kappa shape index (κ3) is 2.85. The van der Waals surface area contributed by atoms with Crippen molar-refractivity contribution < 1.29 is 5.11 Å². The van der Waals surface area contributed by atoms with Crippen LogP contribution < -0.4 is 0 Å². The molecule has 0 amide bonds. The quantitative estimate of drug-likeness (QED) is 0.805. The highest BCUT2D eigenvalue weighted by Gasteiger charge is 2.19. The summed E-state index contributed by atoms with van der Waals surface area (Å²) < 4.78 is 1.82. The lowest BCUT2D eigenvalue weighted by Gasteiger charge is -2.13. The molecule has 0 atom stereocenters. The standard InChI is InChI=1S/C17H14N4OS/c22-14-8-6-12(7-9-14)10-16-18-19-17-21(16)20-15(11-23-17)13-4-2-1-3-5-13/h1-9,22H,10-11H2. The van der Waals surface area contributed by atoms with E-state index < -0.39 is 0 Å². The maximum absolute atomic E-state index is 9.38. The molecule has 2 heterocycles. The minimum Gasteiger partial charge on any atom is -0.508 e. The van der Waals surface area contributed by atoms with Crippen molar-refractivity contribution in [3.05, 3.63) is 71.5 Å². The Morgan fingerprint density at radius 1 is 1.00 bits per heavy atom. The van der Waals surface area contributed by atoms with Crippen molar-refractivity contribution in [2.45, 2.75) is 11.6 Å². The molecule has 0 saturated carbocycles. The van der Waals surface area contributed by atoms with Crippen LogP contribution in [0.15, 0.2) is 64.9 Å². The van der Waals surface area contributed by atoms with Crippen LogP contribution in [0.25, 0.3) is 0 Å². The summed E-state index contributed by atoms with van der Waals surface area (Å²) in [4.78, 5) is 0. The third-order valence-electron chi connectivity index (χ3n) is 3.64. The molecule has 0 fully saturated rings. The van der Waals surface area contributed by atoms with Gasteiger partial charge >= 0.3 is 0 Å². The molecule has 0 spiro atoms. The van der Waals surface area contributed by atoms with Crippen molar-refractivity contribution in [3.8, 4) is 5.75 Å². The molecule has 1 aliphatic heterocycles. The Bertz CT molecular complexity index is 856. The lowest BCUT2D eigenvalue weighted by molar-refractivity contribution is 0.475. The molecule has 0 bridgehead atoms. The first-order valence-corrected chi connectivity index (χ1v) is 8.26. The number of benzene rings is 2. The highest BCUT2D eigenvalue weighted by Crippen LogP contribution is 2.25. The van der Waals surface area contributed by atoms with Crippen LogP contribution in [0.4, 0.5) is 0 Å². The van der Waals surface area contributed by atoms with E-state index in [1.54, 1.807) is 23.9 Å². The van der Waals surface area contributed by atoms with E-state index in [2.05, 4.69) is 22.3 Å². The van der Waals surface area contributed by atoms with Crippen LogP contribution in [0.5, 0.6) is 5.75 Å². The normalized spacial score (nSPS) is 13.5. The smallest absolute Gasteiger partial charge is 0.212 e. The fourth-order valence-electron chi connectivity index (χ4n) is 2.45. The average Bonchev–Trinajstić information content (AvgIpc) is 3.00. The van der Waals surface area contributed by atoms with E-state index in [4.69, 9.17) is 5.10 Å². The van der Waals surface area contributed by atoms with Gasteiger partial charge in [-0.05, 0) is 23.3 Å². The second-order valence-corrected chi connectivity index (χ2v) is 6.20. The van der Waals surface area contributed by atoms with Crippen LogP contribution in [0.3, 0.4) is 0 Å². The third-order valence-corrected chi connectivity index (χ3v) is 4.57. The monoisotopic (exact) mass is 322 g/mol. The molecule has 0 radical (unpaired) electrons. The van der Waals surface area contributed by atoms with Crippen molar-refractivity contribution in [3.63, 3.8) is 0 Å². The second kappa shape index (κ2) is 5.89. The summed E-state index contributed by atoms with van der Waals surface area (Å²) >= 11 is 1.64. The van der Waals surface area contributed by atoms with Gasteiger partial charge in [0.15, 0.2) is 5.82 Å². The van der Waals surface area contributed by atoms with Gasteiger partial charge in [-0.15, -0.1) is 10.2 Å². The molecule has 1 aromatic heterocycles. The summed E-state index contributed by atoms with van der Waals surface area (Å²) in [5, 5.41) is 23.4. The van der Waals surface area contributed by atoms with Gasteiger partial charge in [0, 0.05) is 12.2 Å². The number of rotatable bonds is 3. The summed E-state index contributed by atoms with van der Waals surface area (Å²) in [5.74, 6) is 1.85. The van der Waals surface area contributed by atoms with Gasteiger partial charge in [-0.25, -0.2) is 0 Å².